The molecule has 1 aromatic rings. The summed E-state index contributed by atoms with van der Waals surface area (Å²) in [6.07, 6.45) is 0. The van der Waals surface area contributed by atoms with Gasteiger partial charge >= 0.3 is 0 Å². The summed E-state index contributed by atoms with van der Waals surface area (Å²) in [4.78, 5) is 11.7. The van der Waals surface area contributed by atoms with E-state index in [0.717, 1.165) is 0 Å². The van der Waals surface area contributed by atoms with E-state index in [-0.39, 0.29) is 17.3 Å². The van der Waals surface area contributed by atoms with Gasteiger partial charge in [-0.3, -0.25) is 4.79 Å². The van der Waals surface area contributed by atoms with E-state index in [1.807, 2.05) is 0 Å². The second-order valence-electron chi connectivity index (χ2n) is 4.19. The fourth-order valence-electron chi connectivity index (χ4n) is 1.63. The topological polar surface area (TPSA) is 111 Å². The lowest BCUT2D eigenvalue weighted by atomic mass is 10.2. The van der Waals surface area contributed by atoms with Crippen LogP contribution in [0.3, 0.4) is 0 Å². The smallest absolute Gasteiger partial charge is 0.238 e. The average molecular weight is 301 g/mol. The molecule has 8 heteroatoms. The maximum absolute atomic E-state index is 11.7. The van der Waals surface area contributed by atoms with Crippen molar-refractivity contribution in [3.8, 4) is 0 Å². The first kappa shape index (κ1) is 16.6. The van der Waals surface area contributed by atoms with Crippen molar-refractivity contribution >= 4 is 21.6 Å². The fraction of sp³-hybridized carbons (Fsp3) is 0.417. The SMILES string of the molecule is COCCNCC(=O)Nc1cccc(S(N)(=O)=O)c1C. The van der Waals surface area contributed by atoms with E-state index in [2.05, 4.69) is 10.6 Å². The van der Waals surface area contributed by atoms with Crippen LogP contribution in [0, 0.1) is 6.92 Å². The highest BCUT2D eigenvalue weighted by Crippen LogP contribution is 2.21. The Balaban J connectivity index is 2.71. The molecule has 0 aliphatic carbocycles. The van der Waals surface area contributed by atoms with Crippen LogP contribution in [0.15, 0.2) is 23.1 Å². The van der Waals surface area contributed by atoms with E-state index in [0.29, 0.717) is 24.4 Å². The normalized spacial score (nSPS) is 11.3. The molecule has 0 radical (unpaired) electrons. The van der Waals surface area contributed by atoms with E-state index in [1.165, 1.54) is 12.1 Å². The van der Waals surface area contributed by atoms with E-state index >= 15 is 0 Å². The van der Waals surface area contributed by atoms with Crippen LogP contribution in [-0.2, 0) is 19.6 Å². The van der Waals surface area contributed by atoms with Gasteiger partial charge in [0.25, 0.3) is 0 Å². The van der Waals surface area contributed by atoms with E-state index < -0.39 is 10.0 Å². The van der Waals surface area contributed by atoms with Crippen LogP contribution < -0.4 is 15.8 Å². The van der Waals surface area contributed by atoms with Crippen molar-refractivity contribution in [2.24, 2.45) is 5.14 Å². The molecule has 0 aliphatic rings. The first-order valence-corrected chi connectivity index (χ1v) is 7.53. The molecule has 1 aromatic carbocycles. The van der Waals surface area contributed by atoms with Gasteiger partial charge in [-0.2, -0.15) is 0 Å². The molecule has 20 heavy (non-hydrogen) atoms. The van der Waals surface area contributed by atoms with Crippen LogP contribution >= 0.6 is 0 Å². The molecule has 4 N–H and O–H groups in total. The Bertz CT molecular complexity index is 572. The number of carbonyl (C=O) groups excluding carboxylic acids is 1. The largest absolute Gasteiger partial charge is 0.383 e. The lowest BCUT2D eigenvalue weighted by Gasteiger charge is -2.11. The van der Waals surface area contributed by atoms with Crippen LogP contribution in [0.2, 0.25) is 0 Å². The lowest BCUT2D eigenvalue weighted by Crippen LogP contribution is -2.30. The molecule has 1 amide bonds. The number of benzene rings is 1. The zero-order chi connectivity index (χ0) is 15.2. The van der Waals surface area contributed by atoms with Crippen LogP contribution in [0.5, 0.6) is 0 Å². The Labute approximate surface area is 118 Å². The van der Waals surface area contributed by atoms with Gasteiger partial charge < -0.3 is 15.4 Å². The molecule has 7 nitrogen and oxygen atoms in total. The number of primary sulfonamides is 1. The number of amides is 1. The van der Waals surface area contributed by atoms with Gasteiger partial charge in [0.15, 0.2) is 0 Å². The quantitative estimate of drug-likeness (QED) is 0.605. The summed E-state index contributed by atoms with van der Waals surface area (Å²) in [5.74, 6) is -0.268. The molecule has 0 aromatic heterocycles. The molecule has 0 spiro atoms. The molecule has 0 unspecified atom stereocenters. The van der Waals surface area contributed by atoms with Gasteiger partial charge in [0, 0.05) is 19.3 Å². The standard InChI is InChI=1S/C12H19N3O4S/c1-9-10(4-3-5-11(9)20(13,17)18)15-12(16)8-14-6-7-19-2/h3-5,14H,6-8H2,1-2H3,(H,15,16)(H2,13,17,18). The summed E-state index contributed by atoms with van der Waals surface area (Å²) in [6, 6.07) is 4.55. The summed E-state index contributed by atoms with van der Waals surface area (Å²) < 4.78 is 27.6. The summed E-state index contributed by atoms with van der Waals surface area (Å²) in [5.41, 5.74) is 0.843. The fourth-order valence-corrected chi connectivity index (χ4v) is 2.43. The number of methoxy groups -OCH3 is 1. The minimum absolute atomic E-state index is 0.00245. The maximum atomic E-state index is 11.7. The Morgan fingerprint density at radius 1 is 1.40 bits per heavy atom. The Morgan fingerprint density at radius 3 is 2.70 bits per heavy atom. The predicted molar refractivity (Wildman–Crippen MR) is 75.9 cm³/mol. The lowest BCUT2D eigenvalue weighted by molar-refractivity contribution is -0.115. The minimum Gasteiger partial charge on any atom is -0.383 e. The monoisotopic (exact) mass is 301 g/mol. The molecule has 0 fully saturated rings. The minimum atomic E-state index is -3.80. The maximum Gasteiger partial charge on any atom is 0.238 e. The number of nitrogens with two attached hydrogens (primary N) is 1. The van der Waals surface area contributed by atoms with Crippen molar-refractivity contribution in [2.45, 2.75) is 11.8 Å². The van der Waals surface area contributed by atoms with Crippen LogP contribution in [0.25, 0.3) is 0 Å². The molecule has 0 heterocycles. The zero-order valence-electron chi connectivity index (χ0n) is 11.5. The van der Waals surface area contributed by atoms with Gasteiger partial charge in [0.05, 0.1) is 18.0 Å². The van der Waals surface area contributed by atoms with Crippen molar-refractivity contribution in [3.05, 3.63) is 23.8 Å². The van der Waals surface area contributed by atoms with Gasteiger partial charge in [-0.1, -0.05) is 6.07 Å². The van der Waals surface area contributed by atoms with E-state index in [4.69, 9.17) is 9.88 Å². The van der Waals surface area contributed by atoms with Crippen molar-refractivity contribution in [1.29, 1.82) is 0 Å². The van der Waals surface area contributed by atoms with Crippen LogP contribution in [0.1, 0.15) is 5.56 Å². The van der Waals surface area contributed by atoms with Crippen molar-refractivity contribution in [3.63, 3.8) is 0 Å². The third kappa shape index (κ3) is 4.89. The molecule has 112 valence electrons. The first-order valence-electron chi connectivity index (χ1n) is 5.98. The van der Waals surface area contributed by atoms with Gasteiger partial charge in [-0.15, -0.1) is 0 Å². The van der Waals surface area contributed by atoms with Gasteiger partial charge in [-0.25, -0.2) is 13.6 Å². The Morgan fingerprint density at radius 2 is 2.10 bits per heavy atom. The molecular formula is C12H19N3O4S. The number of hydrogen-bond acceptors (Lipinski definition) is 5. The Hall–Kier alpha value is -1.48. The summed E-state index contributed by atoms with van der Waals surface area (Å²) in [5, 5.41) is 10.6. The number of anilines is 1. The van der Waals surface area contributed by atoms with E-state index in [9.17, 15) is 13.2 Å². The number of hydrogen-bond donors (Lipinski definition) is 3. The van der Waals surface area contributed by atoms with Gasteiger partial charge in [0.2, 0.25) is 15.9 Å². The third-order valence-electron chi connectivity index (χ3n) is 2.63. The summed E-state index contributed by atoms with van der Waals surface area (Å²) in [6.45, 7) is 2.77. The number of rotatable bonds is 7. The number of carbonyl (C=O) groups is 1. The van der Waals surface area contributed by atoms with Crippen molar-refractivity contribution < 1.29 is 17.9 Å². The molecule has 0 atom stereocenters. The van der Waals surface area contributed by atoms with E-state index in [1.54, 1.807) is 20.1 Å². The third-order valence-corrected chi connectivity index (χ3v) is 3.69. The molecule has 0 saturated carbocycles. The second kappa shape index (κ2) is 7.34. The summed E-state index contributed by atoms with van der Waals surface area (Å²) in [7, 11) is -2.23. The highest BCUT2D eigenvalue weighted by Gasteiger charge is 2.14. The number of ether oxygens (including phenoxy) is 1. The zero-order valence-corrected chi connectivity index (χ0v) is 12.3. The highest BCUT2D eigenvalue weighted by molar-refractivity contribution is 7.89. The molecule has 0 bridgehead atoms. The van der Waals surface area contributed by atoms with Gasteiger partial charge in [-0.05, 0) is 24.6 Å². The number of sulfonamides is 1. The molecule has 1 rings (SSSR count). The molecular weight excluding hydrogens is 282 g/mol. The average Bonchev–Trinajstić information content (AvgIpc) is 2.36. The molecule has 0 saturated heterocycles. The predicted octanol–water partition coefficient (Wildman–Crippen LogP) is -0.183. The van der Waals surface area contributed by atoms with Gasteiger partial charge in [0.1, 0.15) is 0 Å². The Kier molecular flexibility index (Phi) is 6.08. The summed E-state index contributed by atoms with van der Waals surface area (Å²) >= 11 is 0. The number of nitrogens with one attached hydrogen (secondary N) is 2. The van der Waals surface area contributed by atoms with Crippen molar-refractivity contribution in [1.82, 2.24) is 5.32 Å². The van der Waals surface area contributed by atoms with Crippen LogP contribution in [-0.4, -0.2) is 41.1 Å². The van der Waals surface area contributed by atoms with Crippen molar-refractivity contribution in [2.75, 3.05) is 32.1 Å². The molecule has 0 aliphatic heterocycles. The first-order chi connectivity index (χ1) is 9.36. The van der Waals surface area contributed by atoms with Crippen LogP contribution in [0.4, 0.5) is 5.69 Å². The highest BCUT2D eigenvalue weighted by atomic mass is 32.2. The second-order valence-corrected chi connectivity index (χ2v) is 5.72.